The summed E-state index contributed by atoms with van der Waals surface area (Å²) in [5.74, 6) is 1.70. The predicted octanol–water partition coefficient (Wildman–Crippen LogP) is 3.62. The molecule has 0 fully saturated rings. The number of benzene rings is 6. The molecule has 0 radical (unpaired) electrons. The largest absolute Gasteiger partial charge is 1.00 e. The minimum Gasteiger partial charge on any atom is -1.00 e. The zero-order valence-electron chi connectivity index (χ0n) is 24.8. The Morgan fingerprint density at radius 2 is 1.00 bits per heavy atom. The Bertz CT molecular complexity index is 1900. The Morgan fingerprint density at radius 1 is 0.533 bits per heavy atom. The van der Waals surface area contributed by atoms with E-state index in [2.05, 4.69) is 72.8 Å². The van der Waals surface area contributed by atoms with Gasteiger partial charge in [0.05, 0.1) is 24.8 Å². The van der Waals surface area contributed by atoms with Crippen LogP contribution in [0.2, 0.25) is 0 Å². The monoisotopic (exact) mass is 692 g/mol. The van der Waals surface area contributed by atoms with Crippen molar-refractivity contribution in [1.29, 1.82) is 0 Å². The Kier molecular flexibility index (Phi) is 8.71. The molecule has 6 aromatic rings. The minimum atomic E-state index is -3.66. The van der Waals surface area contributed by atoms with Crippen LogP contribution in [0.4, 0.5) is 0 Å². The second-order valence-corrected chi connectivity index (χ2v) is 16.2. The van der Waals surface area contributed by atoms with E-state index in [1.165, 1.54) is 15.9 Å². The molecular formula is C38H31BrO4P2. The molecule has 0 amide bonds. The van der Waals surface area contributed by atoms with E-state index in [4.69, 9.17) is 14.0 Å². The molecule has 1 aliphatic heterocycles. The first-order valence-corrected chi connectivity index (χ1v) is 17.8. The highest BCUT2D eigenvalue weighted by Crippen LogP contribution is 2.59. The summed E-state index contributed by atoms with van der Waals surface area (Å²) in [5, 5.41) is 5.60. The number of fused-ring (bicyclic) bond motifs is 3. The first-order chi connectivity index (χ1) is 21.6. The van der Waals surface area contributed by atoms with Gasteiger partial charge < -0.3 is 31.0 Å². The van der Waals surface area contributed by atoms with E-state index in [-0.39, 0.29) is 17.0 Å². The lowest BCUT2D eigenvalue weighted by Crippen LogP contribution is -3.00. The van der Waals surface area contributed by atoms with E-state index in [0.717, 1.165) is 16.4 Å². The average molecular weight is 694 g/mol. The molecule has 1 atom stereocenters. The fourth-order valence-electron chi connectivity index (χ4n) is 6.27. The number of halogens is 1. The zero-order valence-corrected chi connectivity index (χ0v) is 28.2. The number of methoxy groups -OCH3 is 2. The van der Waals surface area contributed by atoms with Crippen LogP contribution in [0.5, 0.6) is 17.2 Å². The Morgan fingerprint density at radius 3 is 1.53 bits per heavy atom. The third-order valence-corrected chi connectivity index (χ3v) is 15.0. The van der Waals surface area contributed by atoms with Gasteiger partial charge in [-0.25, -0.2) is 0 Å². The van der Waals surface area contributed by atoms with Crippen molar-refractivity contribution >= 4 is 46.5 Å². The smallest absolute Gasteiger partial charge is 0.311 e. The molecule has 1 unspecified atom stereocenters. The van der Waals surface area contributed by atoms with Gasteiger partial charge in [0.25, 0.3) is 0 Å². The van der Waals surface area contributed by atoms with Crippen LogP contribution in [0, 0.1) is 0 Å². The van der Waals surface area contributed by atoms with Gasteiger partial charge in [-0.15, -0.1) is 0 Å². The van der Waals surface area contributed by atoms with Crippen LogP contribution < -0.4 is 62.8 Å². The normalized spacial score (nSPS) is 15.1. The average Bonchev–Trinajstić information content (AvgIpc) is 3.10. The summed E-state index contributed by atoms with van der Waals surface area (Å²) in [6, 6.07) is 51.1. The lowest BCUT2D eigenvalue weighted by molar-refractivity contribution is -0.0000109. The van der Waals surface area contributed by atoms with Gasteiger partial charge in [-0.2, -0.15) is 0 Å². The van der Waals surface area contributed by atoms with E-state index in [1.54, 1.807) is 14.2 Å². The lowest BCUT2D eigenvalue weighted by atomic mass is 10.0. The van der Waals surface area contributed by atoms with Gasteiger partial charge in [-0.3, -0.25) is 4.57 Å². The van der Waals surface area contributed by atoms with Crippen LogP contribution in [-0.4, -0.2) is 14.2 Å². The highest BCUT2D eigenvalue weighted by molar-refractivity contribution is 8.01. The van der Waals surface area contributed by atoms with Crippen molar-refractivity contribution in [1.82, 2.24) is 0 Å². The maximum Gasteiger partial charge on any atom is 0.311 e. The van der Waals surface area contributed by atoms with Gasteiger partial charge in [0.1, 0.15) is 34.7 Å². The van der Waals surface area contributed by atoms with Crippen LogP contribution in [0.25, 0.3) is 11.1 Å². The summed E-state index contributed by atoms with van der Waals surface area (Å²) in [7, 11) is -2.90. The maximum absolute atomic E-state index is 15.3. The van der Waals surface area contributed by atoms with E-state index in [1.807, 2.05) is 78.9 Å². The summed E-state index contributed by atoms with van der Waals surface area (Å²) in [4.78, 5) is 0. The topological polar surface area (TPSA) is 44.8 Å². The molecule has 4 nitrogen and oxygen atoms in total. The number of para-hydroxylation sites is 1. The fourth-order valence-corrected chi connectivity index (χ4v) is 13.1. The van der Waals surface area contributed by atoms with E-state index in [9.17, 15) is 0 Å². The highest BCUT2D eigenvalue weighted by atomic mass is 79.9. The van der Waals surface area contributed by atoms with Crippen molar-refractivity contribution < 1.29 is 35.5 Å². The van der Waals surface area contributed by atoms with E-state index in [0.29, 0.717) is 27.9 Å². The van der Waals surface area contributed by atoms with Gasteiger partial charge >= 0.3 is 7.37 Å². The Balaban J connectivity index is 0.00000357. The molecule has 7 heteroatoms. The molecule has 7 rings (SSSR count). The molecule has 45 heavy (non-hydrogen) atoms. The summed E-state index contributed by atoms with van der Waals surface area (Å²) in [5.41, 5.74) is 1.81. The van der Waals surface area contributed by atoms with Gasteiger partial charge in [-0.05, 0) is 54.1 Å². The standard InChI is InChI=1S/C38H31O4P2.BrH/c1-40-34-27-38(44(39)36-25-15-13-23-32(36)31-22-12-14-24-33(31)42-44)35(41-2)26-37(34)43(28-16-6-3-7-17-28,29-18-8-4-9-19-29)30-20-10-5-11-21-30;/h3-27H,1-2H3;1H/q+1;/p-1. The number of ether oxygens (including phenoxy) is 2. The quantitative estimate of drug-likeness (QED) is 0.240. The Hall–Kier alpha value is -4.14. The SMILES string of the molecule is COc1cc([P+](c2ccccc2)(c2ccccc2)c2ccccc2)c(OC)cc1P1(=O)Oc2ccccc2-c2ccccc21.[Br-]. The van der Waals surface area contributed by atoms with E-state index >= 15 is 4.57 Å². The second kappa shape index (κ2) is 12.7. The van der Waals surface area contributed by atoms with Crippen molar-refractivity contribution in [3.05, 3.63) is 152 Å². The van der Waals surface area contributed by atoms with Crippen LogP contribution in [0.1, 0.15) is 0 Å². The molecule has 0 aliphatic carbocycles. The molecule has 1 aliphatic rings. The Labute approximate surface area is 275 Å². The molecule has 0 bridgehead atoms. The first kappa shape index (κ1) is 30.9. The molecule has 0 N–H and O–H groups in total. The van der Waals surface area contributed by atoms with Crippen LogP contribution in [-0.2, 0) is 4.57 Å². The molecule has 0 saturated carbocycles. The van der Waals surface area contributed by atoms with Gasteiger partial charge in [0.15, 0.2) is 11.1 Å². The molecule has 0 saturated heterocycles. The fraction of sp³-hybridized carbons (Fsp3) is 0.0526. The predicted molar refractivity (Wildman–Crippen MR) is 184 cm³/mol. The maximum atomic E-state index is 15.3. The second-order valence-electron chi connectivity index (χ2n) is 10.5. The van der Waals surface area contributed by atoms with Crippen molar-refractivity contribution in [2.24, 2.45) is 0 Å². The number of rotatable bonds is 7. The van der Waals surface area contributed by atoms with Crippen LogP contribution >= 0.6 is 14.6 Å². The summed E-state index contributed by atoms with van der Waals surface area (Å²) in [6.45, 7) is 0. The van der Waals surface area contributed by atoms with Crippen molar-refractivity contribution in [3.8, 4) is 28.4 Å². The molecule has 224 valence electrons. The molecule has 1 heterocycles. The third-order valence-electron chi connectivity index (χ3n) is 8.21. The van der Waals surface area contributed by atoms with Crippen molar-refractivity contribution in [2.45, 2.75) is 0 Å². The molecule has 6 aromatic carbocycles. The van der Waals surface area contributed by atoms with E-state index < -0.39 is 14.6 Å². The first-order valence-electron chi connectivity index (χ1n) is 14.4. The summed E-state index contributed by atoms with van der Waals surface area (Å²) >= 11 is 0. The van der Waals surface area contributed by atoms with Crippen LogP contribution in [0.3, 0.4) is 0 Å². The lowest BCUT2D eigenvalue weighted by Gasteiger charge is -2.32. The van der Waals surface area contributed by atoms with Gasteiger partial charge in [0.2, 0.25) is 0 Å². The minimum absolute atomic E-state index is 0. The molecule has 0 aromatic heterocycles. The van der Waals surface area contributed by atoms with Gasteiger partial charge in [0, 0.05) is 17.7 Å². The molecular weight excluding hydrogens is 662 g/mol. The third kappa shape index (κ3) is 5.00. The zero-order chi connectivity index (χ0) is 30.1. The van der Waals surface area contributed by atoms with Crippen molar-refractivity contribution in [3.63, 3.8) is 0 Å². The van der Waals surface area contributed by atoms with Crippen molar-refractivity contribution in [2.75, 3.05) is 14.2 Å². The number of hydrogen-bond donors (Lipinski definition) is 0. The molecule has 0 spiro atoms. The summed E-state index contributed by atoms with van der Waals surface area (Å²) < 4.78 is 34.1. The highest BCUT2D eigenvalue weighted by Gasteiger charge is 2.51. The van der Waals surface area contributed by atoms with Crippen LogP contribution in [0.15, 0.2) is 152 Å². The van der Waals surface area contributed by atoms with Gasteiger partial charge in [-0.1, -0.05) is 91.0 Å². The number of hydrogen-bond acceptors (Lipinski definition) is 4. The summed E-state index contributed by atoms with van der Waals surface area (Å²) in [6.07, 6.45) is 0.